The lowest BCUT2D eigenvalue weighted by Crippen LogP contribution is -2.69. The van der Waals surface area contributed by atoms with Crippen molar-refractivity contribution in [3.8, 4) is 0 Å². The minimum atomic E-state index is -0.517. The number of allylic oxidation sites excluding steroid dienone is 1. The first-order valence-electron chi connectivity index (χ1n) is 13.7. The fraction of sp³-hybridized carbons (Fsp3) is 0.867. The molecule has 0 radical (unpaired) electrons. The van der Waals surface area contributed by atoms with Gasteiger partial charge < -0.3 is 20.4 Å². The molecule has 0 aromatic carbocycles. The molecule has 0 bridgehead atoms. The molecule has 11 unspecified atom stereocenters. The fourth-order valence-electron chi connectivity index (χ4n) is 10.1. The van der Waals surface area contributed by atoms with E-state index < -0.39 is 12.2 Å². The fourth-order valence-corrected chi connectivity index (χ4v) is 10.1. The Morgan fingerprint density at radius 2 is 1.62 bits per heavy atom. The van der Waals surface area contributed by atoms with E-state index in [1.807, 2.05) is 6.92 Å². The second kappa shape index (κ2) is 8.43. The summed E-state index contributed by atoms with van der Waals surface area (Å²) < 4.78 is 0. The Morgan fingerprint density at radius 3 is 2.24 bits per heavy atom. The molecule has 194 valence electrons. The first-order chi connectivity index (χ1) is 15.6. The van der Waals surface area contributed by atoms with E-state index in [-0.39, 0.29) is 45.7 Å². The molecule has 0 spiro atoms. The van der Waals surface area contributed by atoms with Crippen LogP contribution in [0.1, 0.15) is 93.4 Å². The molecule has 4 heteroatoms. The summed E-state index contributed by atoms with van der Waals surface area (Å²) in [4.78, 5) is 0. The van der Waals surface area contributed by atoms with Crippen LogP contribution in [0.3, 0.4) is 0 Å². The van der Waals surface area contributed by atoms with Gasteiger partial charge in [0.1, 0.15) is 0 Å². The highest BCUT2D eigenvalue weighted by Gasteiger charge is 2.72. The van der Waals surface area contributed by atoms with Crippen LogP contribution in [0.5, 0.6) is 0 Å². The van der Waals surface area contributed by atoms with Gasteiger partial charge in [-0.3, -0.25) is 0 Å². The van der Waals surface area contributed by atoms with Crippen molar-refractivity contribution in [1.82, 2.24) is 0 Å². The van der Waals surface area contributed by atoms with Crippen LogP contribution < -0.4 is 0 Å². The second-order valence-electron chi connectivity index (χ2n) is 14.0. The first kappa shape index (κ1) is 26.4. The lowest BCUT2D eigenvalue weighted by molar-refractivity contribution is -0.270. The van der Waals surface area contributed by atoms with Gasteiger partial charge in [-0.15, -0.1) is 0 Å². The van der Waals surface area contributed by atoms with Gasteiger partial charge in [0, 0.05) is 0 Å². The van der Waals surface area contributed by atoms with Crippen LogP contribution >= 0.6 is 0 Å². The van der Waals surface area contributed by atoms with Crippen molar-refractivity contribution < 1.29 is 20.4 Å². The number of rotatable bonds is 4. The zero-order valence-corrected chi connectivity index (χ0v) is 22.6. The SMILES string of the molecule is C=C(C)C(O)CC=C(C)C1CCC2(C)C1C(O)CC1C3(C)CCC(O)C(C)(C)C3C(O)CC12C. The highest BCUT2D eigenvalue weighted by atomic mass is 16.3. The van der Waals surface area contributed by atoms with Gasteiger partial charge in [0.15, 0.2) is 0 Å². The zero-order chi connectivity index (χ0) is 25.4. The summed E-state index contributed by atoms with van der Waals surface area (Å²) in [5.41, 5.74) is 1.51. The van der Waals surface area contributed by atoms with Crippen LogP contribution in [0, 0.1) is 45.3 Å². The van der Waals surface area contributed by atoms with E-state index in [0.29, 0.717) is 18.3 Å². The lowest BCUT2D eigenvalue weighted by atomic mass is 9.34. The Kier molecular flexibility index (Phi) is 6.54. The molecule has 0 aliphatic heterocycles. The molecule has 4 saturated carbocycles. The third-order valence-electron chi connectivity index (χ3n) is 12.1. The summed E-state index contributed by atoms with van der Waals surface area (Å²) in [5, 5.41) is 44.5. The predicted molar refractivity (Wildman–Crippen MR) is 137 cm³/mol. The summed E-state index contributed by atoms with van der Waals surface area (Å²) in [6.45, 7) is 19.3. The molecule has 0 aromatic rings. The van der Waals surface area contributed by atoms with E-state index in [0.717, 1.165) is 44.1 Å². The Bertz CT molecular complexity index is 847. The summed E-state index contributed by atoms with van der Waals surface area (Å²) in [6.07, 6.45) is 6.33. The number of fused-ring (bicyclic) bond motifs is 5. The Hall–Kier alpha value is -0.680. The lowest BCUT2D eigenvalue weighted by Gasteiger charge is -2.71. The van der Waals surface area contributed by atoms with Crippen LogP contribution in [0.4, 0.5) is 0 Å². The van der Waals surface area contributed by atoms with Gasteiger partial charge in [0.25, 0.3) is 0 Å². The average molecular weight is 475 g/mol. The minimum Gasteiger partial charge on any atom is -0.393 e. The molecule has 4 aliphatic carbocycles. The van der Waals surface area contributed by atoms with Crippen LogP contribution in [0.25, 0.3) is 0 Å². The normalized spacial score (nSPS) is 51.3. The molecule has 11 atom stereocenters. The quantitative estimate of drug-likeness (QED) is 0.420. The highest BCUT2D eigenvalue weighted by molar-refractivity contribution is 5.24. The first-order valence-corrected chi connectivity index (χ1v) is 13.7. The zero-order valence-electron chi connectivity index (χ0n) is 22.6. The smallest absolute Gasteiger partial charge is 0.0779 e. The summed E-state index contributed by atoms with van der Waals surface area (Å²) in [6, 6.07) is 0. The standard InChI is InChI=1S/C30H50O4/c1-17(2)20(31)10-9-18(3)19-11-14-29(7)25(19)21(32)15-23-28(6)13-12-24(34)27(4,5)26(28)22(33)16-30(23,29)8/h9,19-26,31-34H,1,10-16H2,2-8H3. The third-order valence-corrected chi connectivity index (χ3v) is 12.1. The summed E-state index contributed by atoms with van der Waals surface area (Å²) >= 11 is 0. The Morgan fingerprint density at radius 1 is 0.971 bits per heavy atom. The molecule has 0 heterocycles. The van der Waals surface area contributed by atoms with Crippen LogP contribution in [0.2, 0.25) is 0 Å². The molecule has 0 aromatic heterocycles. The van der Waals surface area contributed by atoms with Gasteiger partial charge in [-0.2, -0.15) is 0 Å². The maximum atomic E-state index is 11.7. The van der Waals surface area contributed by atoms with Crippen molar-refractivity contribution in [1.29, 1.82) is 0 Å². The molecular weight excluding hydrogens is 424 g/mol. The second-order valence-corrected chi connectivity index (χ2v) is 14.0. The van der Waals surface area contributed by atoms with E-state index in [4.69, 9.17) is 0 Å². The number of aliphatic hydroxyl groups is 4. The van der Waals surface area contributed by atoms with Gasteiger partial charge in [0.2, 0.25) is 0 Å². The van der Waals surface area contributed by atoms with Crippen molar-refractivity contribution >= 4 is 0 Å². The maximum Gasteiger partial charge on any atom is 0.0779 e. The van der Waals surface area contributed by atoms with Gasteiger partial charge in [-0.25, -0.2) is 0 Å². The largest absolute Gasteiger partial charge is 0.393 e. The van der Waals surface area contributed by atoms with Gasteiger partial charge in [-0.1, -0.05) is 58.4 Å². The summed E-state index contributed by atoms with van der Waals surface area (Å²) in [7, 11) is 0. The molecule has 0 saturated heterocycles. The summed E-state index contributed by atoms with van der Waals surface area (Å²) in [5.74, 6) is 0.838. The van der Waals surface area contributed by atoms with Crippen molar-refractivity contribution in [3.63, 3.8) is 0 Å². The predicted octanol–water partition coefficient (Wildman–Crippen LogP) is 5.25. The molecule has 4 rings (SSSR count). The minimum absolute atomic E-state index is 0.0386. The van der Waals surface area contributed by atoms with Crippen molar-refractivity contribution in [2.24, 2.45) is 45.3 Å². The van der Waals surface area contributed by atoms with Crippen LogP contribution in [-0.2, 0) is 0 Å². The molecule has 34 heavy (non-hydrogen) atoms. The van der Waals surface area contributed by atoms with E-state index in [2.05, 4.69) is 54.2 Å². The van der Waals surface area contributed by atoms with Gasteiger partial charge in [-0.05, 0) is 104 Å². The maximum absolute atomic E-state index is 11.7. The Balaban J connectivity index is 1.69. The molecule has 4 N–H and O–H groups in total. The average Bonchev–Trinajstić information content (AvgIpc) is 3.10. The van der Waals surface area contributed by atoms with Crippen molar-refractivity contribution in [2.75, 3.05) is 0 Å². The van der Waals surface area contributed by atoms with E-state index >= 15 is 0 Å². The molecule has 0 amide bonds. The topological polar surface area (TPSA) is 80.9 Å². The molecule has 4 nitrogen and oxygen atoms in total. The van der Waals surface area contributed by atoms with Crippen molar-refractivity contribution in [3.05, 3.63) is 23.8 Å². The molecule has 4 fully saturated rings. The van der Waals surface area contributed by atoms with Crippen molar-refractivity contribution in [2.45, 2.75) is 118 Å². The van der Waals surface area contributed by atoms with Crippen LogP contribution in [-0.4, -0.2) is 44.8 Å². The number of aliphatic hydroxyl groups excluding tert-OH is 4. The number of hydrogen-bond donors (Lipinski definition) is 4. The van der Waals surface area contributed by atoms with Crippen LogP contribution in [0.15, 0.2) is 23.8 Å². The van der Waals surface area contributed by atoms with Gasteiger partial charge in [0.05, 0.1) is 24.4 Å². The molecule has 4 aliphatic rings. The molecular formula is C30H50O4. The Labute approximate surface area is 207 Å². The van der Waals surface area contributed by atoms with E-state index in [1.54, 1.807) is 0 Å². The van der Waals surface area contributed by atoms with E-state index in [1.165, 1.54) is 5.57 Å². The number of hydrogen-bond acceptors (Lipinski definition) is 4. The highest BCUT2D eigenvalue weighted by Crippen LogP contribution is 2.75. The van der Waals surface area contributed by atoms with E-state index in [9.17, 15) is 20.4 Å². The van der Waals surface area contributed by atoms with Gasteiger partial charge >= 0.3 is 0 Å². The monoisotopic (exact) mass is 474 g/mol. The third kappa shape index (κ3) is 3.53.